The molecule has 0 aromatic rings. The van der Waals surface area contributed by atoms with Gasteiger partial charge in [-0.25, -0.2) is 0 Å². The average Bonchev–Trinajstić information content (AvgIpc) is 3.38. The van der Waals surface area contributed by atoms with E-state index in [9.17, 15) is 9.59 Å². The van der Waals surface area contributed by atoms with E-state index < -0.39 is 6.10 Å². The zero-order valence-corrected chi connectivity index (χ0v) is 48.2. The van der Waals surface area contributed by atoms with Gasteiger partial charge in [-0.05, 0) is 64.2 Å². The third kappa shape index (κ3) is 59.9. The Hall–Kier alpha value is -2.66. The number of ether oxygens (including phenoxy) is 3. The molecule has 0 aromatic heterocycles. The third-order valence-electron chi connectivity index (χ3n) is 13.8. The third-order valence-corrected chi connectivity index (χ3v) is 13.8. The summed E-state index contributed by atoms with van der Waals surface area (Å²) in [4.78, 5) is 25.6. The second kappa shape index (κ2) is 62.6. The molecule has 0 saturated heterocycles. The summed E-state index contributed by atoms with van der Waals surface area (Å²) >= 11 is 0. The molecule has 0 fully saturated rings. The van der Waals surface area contributed by atoms with E-state index in [1.54, 1.807) is 0 Å². The Kier molecular flexibility index (Phi) is 60.3. The first kappa shape index (κ1) is 69.3. The van der Waals surface area contributed by atoms with Crippen molar-refractivity contribution in [2.45, 2.75) is 322 Å². The zero-order valence-electron chi connectivity index (χ0n) is 48.2. The Morgan fingerprint density at radius 1 is 0.319 bits per heavy atom. The topological polar surface area (TPSA) is 61.8 Å². The van der Waals surface area contributed by atoms with Crippen molar-refractivity contribution in [2.75, 3.05) is 19.8 Å². The summed E-state index contributed by atoms with van der Waals surface area (Å²) < 4.78 is 17.5. The summed E-state index contributed by atoms with van der Waals surface area (Å²) in [6.45, 7) is 7.63. The second-order valence-electron chi connectivity index (χ2n) is 20.9. The van der Waals surface area contributed by atoms with Gasteiger partial charge in [0.15, 0.2) is 6.10 Å². The summed E-state index contributed by atoms with van der Waals surface area (Å²) in [5, 5.41) is 0. The second-order valence-corrected chi connectivity index (χ2v) is 20.9. The van der Waals surface area contributed by atoms with Crippen LogP contribution in [0.2, 0.25) is 0 Å². The number of hydrogen-bond acceptors (Lipinski definition) is 5. The van der Waals surface area contributed by atoms with E-state index in [-0.39, 0.29) is 25.2 Å². The van der Waals surface area contributed by atoms with Gasteiger partial charge in [0.2, 0.25) is 0 Å². The number of rotatable bonds is 58. The maximum atomic E-state index is 12.9. The lowest BCUT2D eigenvalue weighted by Gasteiger charge is -2.18. The van der Waals surface area contributed by atoms with Gasteiger partial charge in [-0.15, -0.1) is 0 Å². The highest BCUT2D eigenvalue weighted by molar-refractivity contribution is 5.70. The van der Waals surface area contributed by atoms with E-state index in [1.807, 2.05) is 0 Å². The molecule has 1 atom stereocenters. The molecule has 0 aliphatic carbocycles. The highest BCUT2D eigenvalue weighted by atomic mass is 16.6. The molecule has 418 valence electrons. The Morgan fingerprint density at radius 2 is 0.611 bits per heavy atom. The van der Waals surface area contributed by atoms with Gasteiger partial charge in [0, 0.05) is 19.4 Å². The molecule has 0 aromatic carbocycles. The van der Waals surface area contributed by atoms with Crippen LogP contribution in [0.25, 0.3) is 0 Å². The predicted octanol–water partition coefficient (Wildman–Crippen LogP) is 21.8. The van der Waals surface area contributed by atoms with Gasteiger partial charge in [0.25, 0.3) is 0 Å². The lowest BCUT2D eigenvalue weighted by atomic mass is 10.0. The first-order valence-electron chi connectivity index (χ1n) is 31.5. The highest BCUT2D eigenvalue weighted by Crippen LogP contribution is 2.17. The van der Waals surface area contributed by atoms with Crippen LogP contribution in [0.5, 0.6) is 0 Å². The van der Waals surface area contributed by atoms with E-state index in [0.717, 1.165) is 77.0 Å². The molecule has 0 aliphatic rings. The van der Waals surface area contributed by atoms with Gasteiger partial charge in [-0.2, -0.15) is 0 Å². The highest BCUT2D eigenvalue weighted by Gasteiger charge is 2.17. The molecule has 5 heteroatoms. The number of carbonyl (C=O) groups excluding carboxylic acids is 2. The van der Waals surface area contributed by atoms with E-state index in [2.05, 4.69) is 93.7 Å². The zero-order chi connectivity index (χ0) is 52.0. The van der Waals surface area contributed by atoms with Crippen molar-refractivity contribution in [2.24, 2.45) is 0 Å². The van der Waals surface area contributed by atoms with Crippen molar-refractivity contribution >= 4 is 11.9 Å². The first-order chi connectivity index (χ1) is 35.6. The molecule has 0 saturated carbocycles. The van der Waals surface area contributed by atoms with Gasteiger partial charge < -0.3 is 14.2 Å². The van der Waals surface area contributed by atoms with E-state index >= 15 is 0 Å². The molecule has 72 heavy (non-hydrogen) atoms. The molecule has 0 heterocycles. The molecular weight excluding hydrogens is 885 g/mol. The quantitative estimate of drug-likeness (QED) is 0.0345. The molecule has 0 bridgehead atoms. The molecule has 5 nitrogen and oxygen atoms in total. The van der Waals surface area contributed by atoms with Crippen LogP contribution in [0.15, 0.2) is 72.9 Å². The van der Waals surface area contributed by atoms with Gasteiger partial charge in [0.05, 0.1) is 6.61 Å². The Labute approximate surface area is 448 Å². The Morgan fingerprint density at radius 3 is 0.944 bits per heavy atom. The maximum absolute atomic E-state index is 12.9. The minimum Gasteiger partial charge on any atom is -0.462 e. The summed E-state index contributed by atoms with van der Waals surface area (Å²) in [7, 11) is 0. The summed E-state index contributed by atoms with van der Waals surface area (Å²) in [5.74, 6) is -0.411. The van der Waals surface area contributed by atoms with Crippen LogP contribution in [0.4, 0.5) is 0 Å². The average molecular weight is 1010 g/mol. The molecule has 0 N–H and O–H groups in total. The first-order valence-corrected chi connectivity index (χ1v) is 31.5. The van der Waals surface area contributed by atoms with E-state index in [4.69, 9.17) is 14.2 Å². The molecule has 0 aliphatic heterocycles. The van der Waals surface area contributed by atoms with Crippen molar-refractivity contribution < 1.29 is 23.8 Å². The molecule has 0 radical (unpaired) electrons. The fourth-order valence-electron chi connectivity index (χ4n) is 9.12. The minimum absolute atomic E-state index is 0.0654. The van der Waals surface area contributed by atoms with Crippen molar-refractivity contribution in [3.05, 3.63) is 72.9 Å². The van der Waals surface area contributed by atoms with Crippen LogP contribution >= 0.6 is 0 Å². The molecule has 0 amide bonds. The van der Waals surface area contributed by atoms with Crippen LogP contribution < -0.4 is 0 Å². The minimum atomic E-state index is -0.566. The number of carbonyl (C=O) groups is 2. The fourth-order valence-corrected chi connectivity index (χ4v) is 9.12. The molecule has 1 unspecified atom stereocenters. The van der Waals surface area contributed by atoms with Crippen LogP contribution in [-0.2, 0) is 23.8 Å². The lowest BCUT2D eigenvalue weighted by molar-refractivity contribution is -0.163. The Balaban J connectivity index is 4.33. The van der Waals surface area contributed by atoms with Gasteiger partial charge in [-0.3, -0.25) is 9.59 Å². The largest absolute Gasteiger partial charge is 0.462 e. The maximum Gasteiger partial charge on any atom is 0.306 e. The molecular formula is C67H120O5. The van der Waals surface area contributed by atoms with Crippen molar-refractivity contribution in [3.63, 3.8) is 0 Å². The number of esters is 2. The summed E-state index contributed by atoms with van der Waals surface area (Å²) in [6, 6.07) is 0. The Bertz CT molecular complexity index is 1270. The van der Waals surface area contributed by atoms with Crippen LogP contribution in [0, 0.1) is 0 Å². The van der Waals surface area contributed by atoms with Crippen LogP contribution in [-0.4, -0.2) is 37.9 Å². The van der Waals surface area contributed by atoms with Crippen LogP contribution in [0.3, 0.4) is 0 Å². The lowest BCUT2D eigenvalue weighted by Crippen LogP contribution is -2.30. The molecule has 0 rings (SSSR count). The van der Waals surface area contributed by atoms with Crippen molar-refractivity contribution in [1.82, 2.24) is 0 Å². The fraction of sp³-hybridized carbons (Fsp3) is 0.791. The SMILES string of the molecule is CC/C=C\C/C=C\C/C=C\C/C=C\C/C=C\C/C=C\CCCOCC(COC(=O)CCCCCCCCCCCCCCCCCCCCC)OC(=O)CCCCCCCCCCCCCCCCCCC. The number of unbranched alkanes of at least 4 members (excludes halogenated alkanes) is 35. The monoisotopic (exact) mass is 1000 g/mol. The normalized spacial score (nSPS) is 12.7. The summed E-state index contributed by atoms with van der Waals surface area (Å²) in [6.07, 6.45) is 82.4. The van der Waals surface area contributed by atoms with Gasteiger partial charge in [-0.1, -0.05) is 312 Å². The predicted molar refractivity (Wildman–Crippen MR) is 316 cm³/mol. The number of allylic oxidation sites excluding steroid dienone is 12. The smallest absolute Gasteiger partial charge is 0.306 e. The number of hydrogen-bond donors (Lipinski definition) is 0. The van der Waals surface area contributed by atoms with Crippen molar-refractivity contribution in [1.29, 1.82) is 0 Å². The molecule has 0 spiro atoms. The summed E-state index contributed by atoms with van der Waals surface area (Å²) in [5.41, 5.74) is 0. The van der Waals surface area contributed by atoms with E-state index in [1.165, 1.54) is 205 Å². The van der Waals surface area contributed by atoms with Gasteiger partial charge >= 0.3 is 11.9 Å². The van der Waals surface area contributed by atoms with Crippen molar-refractivity contribution in [3.8, 4) is 0 Å². The van der Waals surface area contributed by atoms with Crippen LogP contribution in [0.1, 0.15) is 316 Å². The van der Waals surface area contributed by atoms with E-state index in [0.29, 0.717) is 19.4 Å². The van der Waals surface area contributed by atoms with Gasteiger partial charge in [0.1, 0.15) is 6.61 Å². The standard InChI is InChI=1S/C67H120O5/c1-4-7-10-13-16-19-22-25-28-31-33-35-38-41-44-47-50-53-56-59-62-70-63-65(72-67(69)61-58-55-52-49-46-43-40-36-30-27-24-21-18-15-12-9-6-3)64-71-66(68)60-57-54-51-48-45-42-39-37-34-32-29-26-23-20-17-14-11-8-5-2/h7,10,16,19,25,28,33,35,41,44,50,53,65H,4-6,8-9,11-15,17-18,20-24,26-27,29-32,34,36-40,42-43,45-49,51-52,54-64H2,1-3H3/b10-7-,19-16-,28-25-,35-33-,44-41-,53-50-.